The van der Waals surface area contributed by atoms with Crippen molar-refractivity contribution in [1.29, 1.82) is 0 Å². The van der Waals surface area contributed by atoms with E-state index in [1.165, 1.54) is 0 Å². The van der Waals surface area contributed by atoms with Crippen LogP contribution in [0.1, 0.15) is 21.6 Å². The Labute approximate surface area is 161 Å². The molecule has 1 heterocycles. The number of hydrogen-bond donors (Lipinski definition) is 2. The molecule has 0 aliphatic heterocycles. The van der Waals surface area contributed by atoms with Crippen LogP contribution in [0.2, 0.25) is 10.0 Å². The topological polar surface area (TPSA) is 66.9 Å². The number of amides is 1. The van der Waals surface area contributed by atoms with Crippen molar-refractivity contribution in [2.45, 2.75) is 13.1 Å². The molecular formula is C19H16Cl2N4O. The van der Waals surface area contributed by atoms with Gasteiger partial charge in [0.25, 0.3) is 5.91 Å². The van der Waals surface area contributed by atoms with Crippen LogP contribution in [0.3, 0.4) is 0 Å². The number of carbonyl (C=O) groups is 1. The lowest BCUT2D eigenvalue weighted by Crippen LogP contribution is -2.24. The molecule has 0 fully saturated rings. The summed E-state index contributed by atoms with van der Waals surface area (Å²) in [5.74, 6) is 0.311. The fraction of sp³-hybridized carbons (Fsp3) is 0.105. The maximum Gasteiger partial charge on any atom is 0.272 e. The second-order valence-corrected chi connectivity index (χ2v) is 6.47. The monoisotopic (exact) mass is 386 g/mol. The molecule has 2 N–H and O–H groups in total. The van der Waals surface area contributed by atoms with Crippen molar-refractivity contribution in [3.05, 3.63) is 87.5 Å². The van der Waals surface area contributed by atoms with Gasteiger partial charge in [-0.15, -0.1) is 10.2 Å². The molecule has 3 rings (SSSR count). The molecule has 0 unspecified atom stereocenters. The molecule has 1 aromatic heterocycles. The second-order valence-electron chi connectivity index (χ2n) is 5.59. The summed E-state index contributed by atoms with van der Waals surface area (Å²) in [4.78, 5) is 12.1. The Morgan fingerprint density at radius 3 is 1.88 bits per heavy atom. The zero-order chi connectivity index (χ0) is 18.4. The van der Waals surface area contributed by atoms with Gasteiger partial charge in [-0.2, -0.15) is 0 Å². The van der Waals surface area contributed by atoms with Crippen LogP contribution in [0.4, 0.5) is 5.82 Å². The van der Waals surface area contributed by atoms with Gasteiger partial charge in [-0.05, 0) is 47.5 Å². The smallest absolute Gasteiger partial charge is 0.272 e. The van der Waals surface area contributed by atoms with Gasteiger partial charge in [-0.1, -0.05) is 47.5 Å². The average Bonchev–Trinajstić information content (AvgIpc) is 2.67. The van der Waals surface area contributed by atoms with E-state index in [2.05, 4.69) is 20.8 Å². The summed E-state index contributed by atoms with van der Waals surface area (Å²) >= 11 is 11.7. The zero-order valence-electron chi connectivity index (χ0n) is 13.7. The lowest BCUT2D eigenvalue weighted by Gasteiger charge is -2.07. The van der Waals surface area contributed by atoms with Crippen molar-refractivity contribution in [2.75, 3.05) is 5.32 Å². The van der Waals surface area contributed by atoms with Gasteiger partial charge in [-0.25, -0.2) is 0 Å². The van der Waals surface area contributed by atoms with Crippen LogP contribution < -0.4 is 10.6 Å². The Balaban J connectivity index is 1.52. The van der Waals surface area contributed by atoms with Gasteiger partial charge in [0.1, 0.15) is 5.82 Å². The largest absolute Gasteiger partial charge is 0.365 e. The standard InChI is InChI=1S/C19H16Cl2N4O/c20-15-5-1-13(2-6-15)11-22-18-10-9-17(24-25-18)19(26)23-12-14-3-7-16(21)8-4-14/h1-10H,11-12H2,(H,22,25)(H,23,26). The predicted molar refractivity (Wildman–Crippen MR) is 103 cm³/mol. The van der Waals surface area contributed by atoms with Crippen LogP contribution in [-0.4, -0.2) is 16.1 Å². The highest BCUT2D eigenvalue weighted by atomic mass is 35.5. The number of rotatable bonds is 6. The summed E-state index contributed by atoms with van der Waals surface area (Å²) in [6.07, 6.45) is 0. The van der Waals surface area contributed by atoms with E-state index in [1.807, 2.05) is 36.4 Å². The zero-order valence-corrected chi connectivity index (χ0v) is 15.3. The van der Waals surface area contributed by atoms with E-state index in [0.29, 0.717) is 29.0 Å². The summed E-state index contributed by atoms with van der Waals surface area (Å²) in [5, 5.41) is 15.3. The van der Waals surface area contributed by atoms with Crippen LogP contribution in [0.15, 0.2) is 60.7 Å². The molecule has 5 nitrogen and oxygen atoms in total. The molecule has 0 bridgehead atoms. The van der Waals surface area contributed by atoms with E-state index in [9.17, 15) is 4.79 Å². The van der Waals surface area contributed by atoms with E-state index in [4.69, 9.17) is 23.2 Å². The molecule has 3 aromatic rings. The first-order chi connectivity index (χ1) is 12.6. The van der Waals surface area contributed by atoms with Crippen molar-refractivity contribution in [3.63, 3.8) is 0 Å². The number of halogens is 2. The molecule has 0 aliphatic rings. The van der Waals surface area contributed by atoms with E-state index in [1.54, 1.807) is 24.3 Å². The molecule has 0 saturated carbocycles. The number of hydrogen-bond acceptors (Lipinski definition) is 4. The van der Waals surface area contributed by atoms with E-state index in [-0.39, 0.29) is 11.6 Å². The quantitative estimate of drug-likeness (QED) is 0.661. The molecule has 26 heavy (non-hydrogen) atoms. The van der Waals surface area contributed by atoms with Gasteiger partial charge >= 0.3 is 0 Å². The van der Waals surface area contributed by atoms with Crippen molar-refractivity contribution in [3.8, 4) is 0 Å². The third-order valence-electron chi connectivity index (χ3n) is 3.65. The summed E-state index contributed by atoms with van der Waals surface area (Å²) in [5.41, 5.74) is 2.29. The highest BCUT2D eigenvalue weighted by molar-refractivity contribution is 6.30. The Hall–Kier alpha value is -2.63. The Morgan fingerprint density at radius 2 is 1.35 bits per heavy atom. The summed E-state index contributed by atoms with van der Waals surface area (Å²) in [6.45, 7) is 0.988. The minimum absolute atomic E-state index is 0.260. The SMILES string of the molecule is O=C(NCc1ccc(Cl)cc1)c1ccc(NCc2ccc(Cl)cc2)nn1. The summed E-state index contributed by atoms with van der Waals surface area (Å²) in [6, 6.07) is 18.2. The first-order valence-corrected chi connectivity index (χ1v) is 8.70. The van der Waals surface area contributed by atoms with E-state index < -0.39 is 0 Å². The Morgan fingerprint density at radius 1 is 0.769 bits per heavy atom. The van der Waals surface area contributed by atoms with Gasteiger partial charge in [0.05, 0.1) is 0 Å². The molecule has 0 radical (unpaired) electrons. The van der Waals surface area contributed by atoms with Gasteiger partial charge in [0, 0.05) is 23.1 Å². The average molecular weight is 387 g/mol. The first kappa shape index (κ1) is 18.2. The predicted octanol–water partition coefficient (Wildman–Crippen LogP) is 4.33. The van der Waals surface area contributed by atoms with Crippen molar-refractivity contribution >= 4 is 34.9 Å². The number of nitrogens with zero attached hydrogens (tertiary/aromatic N) is 2. The number of benzene rings is 2. The van der Waals surface area contributed by atoms with Crippen LogP contribution in [0, 0.1) is 0 Å². The Bertz CT molecular complexity index is 866. The van der Waals surface area contributed by atoms with Gasteiger partial charge in [0.2, 0.25) is 0 Å². The molecule has 1 amide bonds. The Kier molecular flexibility index (Phi) is 6.04. The number of aromatic nitrogens is 2. The fourth-order valence-corrected chi connectivity index (χ4v) is 2.47. The summed E-state index contributed by atoms with van der Waals surface area (Å²) < 4.78 is 0. The molecule has 0 saturated heterocycles. The third kappa shape index (κ3) is 5.18. The highest BCUT2D eigenvalue weighted by Crippen LogP contribution is 2.12. The van der Waals surface area contributed by atoms with Crippen LogP contribution in [0.5, 0.6) is 0 Å². The third-order valence-corrected chi connectivity index (χ3v) is 4.15. The summed E-state index contributed by atoms with van der Waals surface area (Å²) in [7, 11) is 0. The van der Waals surface area contributed by atoms with Gasteiger partial charge in [-0.3, -0.25) is 4.79 Å². The van der Waals surface area contributed by atoms with E-state index >= 15 is 0 Å². The molecule has 0 atom stereocenters. The second kappa shape index (κ2) is 8.65. The lowest BCUT2D eigenvalue weighted by atomic mass is 10.2. The minimum atomic E-state index is -0.281. The molecule has 132 valence electrons. The molecule has 2 aromatic carbocycles. The lowest BCUT2D eigenvalue weighted by molar-refractivity contribution is 0.0945. The number of nitrogens with one attached hydrogen (secondary N) is 2. The van der Waals surface area contributed by atoms with E-state index in [0.717, 1.165) is 11.1 Å². The highest BCUT2D eigenvalue weighted by Gasteiger charge is 2.08. The molecule has 0 spiro atoms. The fourth-order valence-electron chi connectivity index (χ4n) is 2.22. The maximum atomic E-state index is 12.1. The van der Waals surface area contributed by atoms with Crippen molar-refractivity contribution in [2.24, 2.45) is 0 Å². The van der Waals surface area contributed by atoms with Gasteiger partial charge in [0.15, 0.2) is 5.69 Å². The van der Waals surface area contributed by atoms with Crippen molar-refractivity contribution < 1.29 is 4.79 Å². The molecule has 0 aliphatic carbocycles. The maximum absolute atomic E-state index is 12.1. The van der Waals surface area contributed by atoms with Gasteiger partial charge < -0.3 is 10.6 Å². The van der Waals surface area contributed by atoms with Crippen LogP contribution >= 0.6 is 23.2 Å². The van der Waals surface area contributed by atoms with Crippen molar-refractivity contribution in [1.82, 2.24) is 15.5 Å². The normalized spacial score (nSPS) is 10.4. The number of carbonyl (C=O) groups excluding carboxylic acids is 1. The van der Waals surface area contributed by atoms with Crippen LogP contribution in [0.25, 0.3) is 0 Å². The first-order valence-electron chi connectivity index (χ1n) is 7.95. The minimum Gasteiger partial charge on any atom is -0.365 e. The molecule has 7 heteroatoms. The number of anilines is 1. The molecular weight excluding hydrogens is 371 g/mol. The van der Waals surface area contributed by atoms with Crippen LogP contribution in [-0.2, 0) is 13.1 Å².